The van der Waals surface area contributed by atoms with E-state index in [-0.39, 0.29) is 5.91 Å². The molecule has 2 N–H and O–H groups in total. The van der Waals surface area contributed by atoms with Crippen LogP contribution in [0.1, 0.15) is 26.6 Å². The largest absolute Gasteiger partial charge is 0.304 e. The molecule has 0 atom stereocenters. The Morgan fingerprint density at radius 2 is 2.12 bits per heavy atom. The lowest BCUT2D eigenvalue weighted by Gasteiger charge is -2.00. The first-order chi connectivity index (χ1) is 7.59. The van der Waals surface area contributed by atoms with Crippen molar-refractivity contribution in [2.45, 2.75) is 20.8 Å². The number of anilines is 1. The third-order valence-electron chi connectivity index (χ3n) is 2.34. The molecule has 0 bridgehead atoms. The van der Waals surface area contributed by atoms with E-state index < -0.39 is 0 Å². The van der Waals surface area contributed by atoms with Crippen LogP contribution < -0.4 is 5.32 Å². The van der Waals surface area contributed by atoms with Crippen LogP contribution in [0.4, 0.5) is 5.82 Å². The number of hydrogen-bond acceptors (Lipinski definition) is 5. The maximum absolute atomic E-state index is 11.8. The molecule has 0 aliphatic carbocycles. The first-order valence-electron chi connectivity index (χ1n) is 4.71. The molecule has 0 saturated heterocycles. The maximum Gasteiger partial charge on any atom is 0.270 e. The van der Waals surface area contributed by atoms with Gasteiger partial charge in [-0.1, -0.05) is 4.49 Å². The highest BCUT2D eigenvalue weighted by atomic mass is 32.1. The predicted molar refractivity (Wildman–Crippen MR) is 60.7 cm³/mol. The maximum atomic E-state index is 11.8. The zero-order valence-corrected chi connectivity index (χ0v) is 9.97. The monoisotopic (exact) mass is 237 g/mol. The van der Waals surface area contributed by atoms with Crippen molar-refractivity contribution in [3.05, 3.63) is 21.8 Å². The quantitative estimate of drug-likeness (QED) is 0.827. The molecule has 2 rings (SSSR count). The molecular weight excluding hydrogens is 226 g/mol. The van der Waals surface area contributed by atoms with E-state index >= 15 is 0 Å². The summed E-state index contributed by atoms with van der Waals surface area (Å²) in [4.78, 5) is 12.3. The molecule has 6 nitrogen and oxygen atoms in total. The molecule has 7 heteroatoms. The normalized spacial score (nSPS) is 10.4. The summed E-state index contributed by atoms with van der Waals surface area (Å²) in [5, 5.41) is 13.3. The van der Waals surface area contributed by atoms with Crippen molar-refractivity contribution in [2.75, 3.05) is 5.32 Å². The number of aryl methyl sites for hydroxylation is 2. The smallest absolute Gasteiger partial charge is 0.270 e. The van der Waals surface area contributed by atoms with E-state index in [1.165, 1.54) is 0 Å². The number of hydrogen-bond donors (Lipinski definition) is 2. The van der Waals surface area contributed by atoms with Crippen LogP contribution in [-0.2, 0) is 0 Å². The van der Waals surface area contributed by atoms with Gasteiger partial charge < -0.3 is 5.32 Å². The number of rotatable bonds is 2. The van der Waals surface area contributed by atoms with Gasteiger partial charge >= 0.3 is 0 Å². The second-order valence-corrected chi connectivity index (χ2v) is 4.22. The summed E-state index contributed by atoms with van der Waals surface area (Å²) >= 11 is 1.08. The lowest BCUT2D eigenvalue weighted by atomic mass is 10.3. The van der Waals surface area contributed by atoms with Crippen molar-refractivity contribution < 1.29 is 4.79 Å². The van der Waals surface area contributed by atoms with Crippen LogP contribution in [0.3, 0.4) is 0 Å². The third kappa shape index (κ3) is 1.81. The van der Waals surface area contributed by atoms with Crippen LogP contribution in [0.25, 0.3) is 0 Å². The molecule has 0 spiro atoms. The molecule has 1 amide bonds. The molecule has 2 heterocycles. The predicted octanol–water partition coefficient (Wildman–Crippen LogP) is 1.44. The Balaban J connectivity index is 2.20. The number of carbonyl (C=O) groups is 1. The Morgan fingerprint density at radius 3 is 2.62 bits per heavy atom. The first-order valence-corrected chi connectivity index (χ1v) is 5.49. The molecule has 2 aromatic rings. The van der Waals surface area contributed by atoms with Crippen LogP contribution in [0.2, 0.25) is 0 Å². The standard InChI is InChI=1S/C9H11N5OS/c1-4-5(2)11-13-8(4)10-9(15)7-6(3)12-14-16-7/h1-3H3,(H2,10,11,13,15). The molecule has 0 aromatic carbocycles. The van der Waals surface area contributed by atoms with E-state index in [1.807, 2.05) is 13.8 Å². The van der Waals surface area contributed by atoms with Gasteiger partial charge in [0.2, 0.25) is 0 Å². The Bertz CT molecular complexity index is 530. The molecule has 0 saturated carbocycles. The summed E-state index contributed by atoms with van der Waals surface area (Å²) in [6.07, 6.45) is 0. The highest BCUT2D eigenvalue weighted by Crippen LogP contribution is 2.16. The SMILES string of the molecule is Cc1nnsc1C(=O)Nc1n[nH]c(C)c1C. The van der Waals surface area contributed by atoms with E-state index in [1.54, 1.807) is 6.92 Å². The van der Waals surface area contributed by atoms with Gasteiger partial charge in [0, 0.05) is 11.3 Å². The number of aromatic nitrogens is 4. The summed E-state index contributed by atoms with van der Waals surface area (Å²) in [6.45, 7) is 5.55. The first kappa shape index (κ1) is 10.7. The Labute approximate surface area is 96.2 Å². The van der Waals surface area contributed by atoms with Crippen molar-refractivity contribution >= 4 is 23.3 Å². The highest BCUT2D eigenvalue weighted by molar-refractivity contribution is 7.08. The highest BCUT2D eigenvalue weighted by Gasteiger charge is 2.15. The van der Waals surface area contributed by atoms with E-state index in [9.17, 15) is 4.79 Å². The number of aromatic amines is 1. The van der Waals surface area contributed by atoms with Crippen LogP contribution in [0.15, 0.2) is 0 Å². The van der Waals surface area contributed by atoms with Gasteiger partial charge in [-0.15, -0.1) is 5.10 Å². The lowest BCUT2D eigenvalue weighted by Crippen LogP contribution is -2.12. The van der Waals surface area contributed by atoms with Gasteiger partial charge in [-0.3, -0.25) is 9.89 Å². The molecule has 0 aliphatic heterocycles. The zero-order chi connectivity index (χ0) is 11.7. The van der Waals surface area contributed by atoms with Crippen molar-refractivity contribution in [1.29, 1.82) is 0 Å². The fourth-order valence-electron chi connectivity index (χ4n) is 1.21. The van der Waals surface area contributed by atoms with Crippen molar-refractivity contribution in [3.63, 3.8) is 0 Å². The number of amides is 1. The van der Waals surface area contributed by atoms with E-state index in [4.69, 9.17) is 0 Å². The second kappa shape index (κ2) is 4.01. The Hall–Kier alpha value is -1.76. The van der Waals surface area contributed by atoms with Gasteiger partial charge in [0.25, 0.3) is 5.91 Å². The van der Waals surface area contributed by atoms with Gasteiger partial charge in [-0.25, -0.2) is 0 Å². The van der Waals surface area contributed by atoms with Gasteiger partial charge in [-0.05, 0) is 32.3 Å². The molecule has 0 fully saturated rings. The summed E-state index contributed by atoms with van der Waals surface area (Å²) in [7, 11) is 0. The minimum atomic E-state index is -0.220. The number of nitrogens with one attached hydrogen (secondary N) is 2. The average Bonchev–Trinajstić information content (AvgIpc) is 2.79. The fourth-order valence-corrected chi connectivity index (χ4v) is 1.76. The molecule has 0 radical (unpaired) electrons. The summed E-state index contributed by atoms with van der Waals surface area (Å²) in [5.74, 6) is 0.331. The van der Waals surface area contributed by atoms with Gasteiger partial charge in [0.1, 0.15) is 4.88 Å². The molecule has 84 valence electrons. The van der Waals surface area contributed by atoms with Gasteiger partial charge in [-0.2, -0.15) is 5.10 Å². The summed E-state index contributed by atoms with van der Waals surface area (Å²) < 4.78 is 3.71. The molecule has 0 aliphatic rings. The van der Waals surface area contributed by atoms with Crippen LogP contribution >= 0.6 is 11.5 Å². The van der Waals surface area contributed by atoms with Crippen LogP contribution in [0, 0.1) is 20.8 Å². The van der Waals surface area contributed by atoms with Crippen LogP contribution in [-0.4, -0.2) is 25.7 Å². The van der Waals surface area contributed by atoms with E-state index in [0.29, 0.717) is 16.4 Å². The van der Waals surface area contributed by atoms with Crippen molar-refractivity contribution in [2.24, 2.45) is 0 Å². The fraction of sp³-hybridized carbons (Fsp3) is 0.333. The third-order valence-corrected chi connectivity index (χ3v) is 3.17. The molecule has 2 aromatic heterocycles. The van der Waals surface area contributed by atoms with Crippen molar-refractivity contribution in [3.8, 4) is 0 Å². The minimum absolute atomic E-state index is 0.220. The topological polar surface area (TPSA) is 83.6 Å². The number of nitrogens with zero attached hydrogens (tertiary/aromatic N) is 3. The number of H-pyrrole nitrogens is 1. The van der Waals surface area contributed by atoms with E-state index in [0.717, 1.165) is 22.8 Å². The minimum Gasteiger partial charge on any atom is -0.304 e. The lowest BCUT2D eigenvalue weighted by molar-refractivity contribution is 0.102. The second-order valence-electron chi connectivity index (χ2n) is 3.46. The average molecular weight is 237 g/mol. The Morgan fingerprint density at radius 1 is 1.38 bits per heavy atom. The van der Waals surface area contributed by atoms with E-state index in [2.05, 4.69) is 25.1 Å². The van der Waals surface area contributed by atoms with Crippen LogP contribution in [0.5, 0.6) is 0 Å². The van der Waals surface area contributed by atoms with Gasteiger partial charge in [0.15, 0.2) is 5.82 Å². The summed E-state index contributed by atoms with van der Waals surface area (Å²) in [6, 6.07) is 0. The Kier molecular flexibility index (Phi) is 2.69. The number of carbonyl (C=O) groups excluding carboxylic acids is 1. The van der Waals surface area contributed by atoms with Crippen molar-refractivity contribution in [1.82, 2.24) is 19.8 Å². The molecular formula is C9H11N5OS. The van der Waals surface area contributed by atoms with Gasteiger partial charge in [0.05, 0.1) is 5.69 Å². The summed E-state index contributed by atoms with van der Waals surface area (Å²) in [5.41, 5.74) is 2.50. The zero-order valence-electron chi connectivity index (χ0n) is 9.16. The molecule has 0 unspecified atom stereocenters. The molecule has 16 heavy (non-hydrogen) atoms.